The summed E-state index contributed by atoms with van der Waals surface area (Å²) < 4.78 is 18.8. The summed E-state index contributed by atoms with van der Waals surface area (Å²) in [4.78, 5) is 26.6. The Morgan fingerprint density at radius 2 is 1.90 bits per heavy atom. The number of piperidine rings is 1. The molecule has 1 spiro atoms. The molecule has 2 aromatic carbocycles. The molecule has 7 heteroatoms. The number of halogens is 1. The van der Waals surface area contributed by atoms with Crippen molar-refractivity contribution in [2.24, 2.45) is 0 Å². The lowest BCUT2D eigenvalue weighted by molar-refractivity contribution is -0.0388. The van der Waals surface area contributed by atoms with Crippen molar-refractivity contribution < 1.29 is 18.7 Å². The van der Waals surface area contributed by atoms with Crippen molar-refractivity contribution in [2.75, 3.05) is 25.0 Å². The van der Waals surface area contributed by atoms with Gasteiger partial charge in [0, 0.05) is 49.6 Å². The number of hydrogen-bond donors (Lipinski definition) is 2. The fourth-order valence-electron chi connectivity index (χ4n) is 4.17. The van der Waals surface area contributed by atoms with Crippen molar-refractivity contribution in [1.29, 1.82) is 0 Å². The highest BCUT2D eigenvalue weighted by molar-refractivity contribution is 5.94. The third-order valence-corrected chi connectivity index (χ3v) is 5.62. The molecule has 0 bridgehead atoms. The number of para-hydroxylation sites is 1. The Hall–Kier alpha value is -2.93. The van der Waals surface area contributed by atoms with Crippen LogP contribution in [0.25, 0.3) is 0 Å². The fourth-order valence-corrected chi connectivity index (χ4v) is 4.17. The second-order valence-corrected chi connectivity index (χ2v) is 7.74. The van der Waals surface area contributed by atoms with Crippen molar-refractivity contribution in [2.45, 2.75) is 31.4 Å². The summed E-state index contributed by atoms with van der Waals surface area (Å²) >= 11 is 0. The van der Waals surface area contributed by atoms with Crippen LogP contribution >= 0.6 is 0 Å². The lowest BCUT2D eigenvalue weighted by Crippen LogP contribution is -2.51. The van der Waals surface area contributed by atoms with Crippen molar-refractivity contribution >= 4 is 17.7 Å². The first kappa shape index (κ1) is 19.4. The molecule has 1 fully saturated rings. The number of likely N-dealkylation sites (tertiary alicyclic amines) is 1. The number of nitrogens with zero attached hydrogens (tertiary/aromatic N) is 1. The van der Waals surface area contributed by atoms with Gasteiger partial charge in [0.15, 0.2) is 0 Å². The maximum Gasteiger partial charge on any atom is 0.412 e. The number of hydrogen-bond acceptors (Lipinski definition) is 4. The predicted octanol–water partition coefficient (Wildman–Crippen LogP) is 3.50. The molecule has 1 saturated heterocycles. The number of carbonyl (C=O) groups excluding carboxylic acids is 2. The van der Waals surface area contributed by atoms with Gasteiger partial charge in [-0.25, -0.2) is 9.18 Å². The van der Waals surface area contributed by atoms with Crippen LogP contribution in [-0.2, 0) is 10.3 Å². The zero-order valence-corrected chi connectivity index (χ0v) is 16.3. The number of anilines is 1. The van der Waals surface area contributed by atoms with E-state index in [4.69, 9.17) is 4.74 Å². The molecular weight excluding hydrogens is 373 g/mol. The monoisotopic (exact) mass is 397 g/mol. The van der Waals surface area contributed by atoms with Crippen LogP contribution in [-0.4, -0.2) is 42.6 Å². The number of fused-ring (bicyclic) bond motifs is 2. The molecule has 152 valence electrons. The summed E-state index contributed by atoms with van der Waals surface area (Å²) in [7, 11) is 0. The quantitative estimate of drug-likeness (QED) is 0.829. The lowest BCUT2D eigenvalue weighted by Gasteiger charge is -2.44. The minimum absolute atomic E-state index is 0.0653. The second-order valence-electron chi connectivity index (χ2n) is 7.74. The van der Waals surface area contributed by atoms with Gasteiger partial charge in [-0.05, 0) is 37.3 Å². The van der Waals surface area contributed by atoms with Crippen LogP contribution in [0.2, 0.25) is 0 Å². The van der Waals surface area contributed by atoms with Crippen LogP contribution in [0.5, 0.6) is 0 Å². The van der Waals surface area contributed by atoms with Crippen molar-refractivity contribution in [1.82, 2.24) is 10.2 Å². The molecule has 0 radical (unpaired) electrons. The van der Waals surface area contributed by atoms with E-state index in [1.807, 2.05) is 31.2 Å². The van der Waals surface area contributed by atoms with E-state index in [0.29, 0.717) is 24.9 Å². The van der Waals surface area contributed by atoms with Crippen molar-refractivity contribution in [3.05, 3.63) is 65.5 Å². The summed E-state index contributed by atoms with van der Waals surface area (Å²) in [5, 5.41) is 5.73. The average molecular weight is 397 g/mol. The van der Waals surface area contributed by atoms with Gasteiger partial charge in [0.25, 0.3) is 5.91 Å². The Morgan fingerprint density at radius 3 is 2.62 bits per heavy atom. The Kier molecular flexibility index (Phi) is 5.24. The van der Waals surface area contributed by atoms with Crippen molar-refractivity contribution in [3.63, 3.8) is 0 Å². The normalized spacial score (nSPS) is 19.0. The number of carbonyl (C=O) groups is 2. The Bertz CT molecular complexity index is 908. The number of ether oxygens (including phenoxy) is 1. The molecule has 2 aliphatic rings. The SMILES string of the molecule is C[C@@H](CN1CCC2(CC1)OC(=O)Nc1ccccc12)NC(=O)c1ccc(F)cc1. The summed E-state index contributed by atoms with van der Waals surface area (Å²) in [5.41, 5.74) is 1.69. The number of rotatable bonds is 4. The van der Waals surface area contributed by atoms with Crippen LogP contribution < -0.4 is 10.6 Å². The minimum Gasteiger partial charge on any atom is -0.438 e. The Labute approximate surface area is 169 Å². The minimum atomic E-state index is -0.587. The fraction of sp³-hybridized carbons (Fsp3) is 0.364. The molecular formula is C22H24FN3O3. The molecule has 2 aromatic rings. The highest BCUT2D eigenvalue weighted by atomic mass is 19.1. The summed E-state index contributed by atoms with van der Waals surface area (Å²) in [6.45, 7) is 4.17. The van der Waals surface area contributed by atoms with E-state index in [-0.39, 0.29) is 17.8 Å². The largest absolute Gasteiger partial charge is 0.438 e. The second kappa shape index (κ2) is 7.83. The van der Waals surface area contributed by atoms with E-state index < -0.39 is 11.7 Å². The number of nitrogens with one attached hydrogen (secondary N) is 2. The standard InChI is InChI=1S/C22H24FN3O3/c1-15(24-20(27)16-6-8-17(23)9-7-16)14-26-12-10-22(11-13-26)18-4-2-3-5-19(18)25-21(28)29-22/h2-9,15H,10-14H2,1H3,(H,24,27)(H,25,28)/t15-/m0/s1. The first-order chi connectivity index (χ1) is 13.9. The maximum atomic E-state index is 13.0. The number of amides is 2. The molecule has 2 N–H and O–H groups in total. The molecule has 6 nitrogen and oxygen atoms in total. The molecule has 2 aliphatic heterocycles. The van der Waals surface area contributed by atoms with Crippen LogP contribution in [0.3, 0.4) is 0 Å². The lowest BCUT2D eigenvalue weighted by atomic mass is 9.82. The van der Waals surface area contributed by atoms with Crippen LogP contribution in [0.15, 0.2) is 48.5 Å². The van der Waals surface area contributed by atoms with Crippen molar-refractivity contribution in [3.8, 4) is 0 Å². The smallest absolute Gasteiger partial charge is 0.412 e. The van der Waals surface area contributed by atoms with E-state index >= 15 is 0 Å². The molecule has 4 rings (SSSR count). The van der Waals surface area contributed by atoms with Gasteiger partial charge < -0.3 is 15.0 Å². The highest BCUT2D eigenvalue weighted by Crippen LogP contribution is 2.43. The summed E-state index contributed by atoms with van der Waals surface area (Å²) in [6.07, 6.45) is 1.00. The van der Waals surface area contributed by atoms with E-state index in [1.54, 1.807) is 0 Å². The molecule has 0 saturated carbocycles. The Balaban J connectivity index is 1.35. The van der Waals surface area contributed by atoms with E-state index in [0.717, 1.165) is 24.3 Å². The molecule has 1 atom stereocenters. The molecule has 0 aliphatic carbocycles. The van der Waals surface area contributed by atoms with Gasteiger partial charge in [-0.15, -0.1) is 0 Å². The van der Waals surface area contributed by atoms with Crippen LogP contribution in [0.4, 0.5) is 14.9 Å². The molecule has 0 unspecified atom stereocenters. The van der Waals surface area contributed by atoms with Gasteiger partial charge in [0.1, 0.15) is 11.4 Å². The first-order valence-electron chi connectivity index (χ1n) is 9.83. The molecule has 2 heterocycles. The topological polar surface area (TPSA) is 70.7 Å². The van der Waals surface area contributed by atoms with Crippen LogP contribution in [0.1, 0.15) is 35.7 Å². The van der Waals surface area contributed by atoms with E-state index in [2.05, 4.69) is 15.5 Å². The van der Waals surface area contributed by atoms with Crippen LogP contribution in [0, 0.1) is 5.82 Å². The number of benzene rings is 2. The summed E-state index contributed by atoms with van der Waals surface area (Å²) in [6, 6.07) is 13.2. The van der Waals surface area contributed by atoms with Gasteiger partial charge in [0.05, 0.1) is 5.69 Å². The van der Waals surface area contributed by atoms with Gasteiger partial charge in [-0.1, -0.05) is 18.2 Å². The third kappa shape index (κ3) is 4.10. The van der Waals surface area contributed by atoms with Gasteiger partial charge in [0.2, 0.25) is 0 Å². The first-order valence-corrected chi connectivity index (χ1v) is 9.83. The Morgan fingerprint density at radius 1 is 1.21 bits per heavy atom. The molecule has 0 aromatic heterocycles. The maximum absolute atomic E-state index is 13.0. The molecule has 2 amide bonds. The van der Waals surface area contributed by atoms with Gasteiger partial charge in [-0.2, -0.15) is 0 Å². The highest BCUT2D eigenvalue weighted by Gasteiger charge is 2.44. The zero-order chi connectivity index (χ0) is 20.4. The van der Waals surface area contributed by atoms with Gasteiger partial charge >= 0.3 is 6.09 Å². The van der Waals surface area contributed by atoms with E-state index in [1.165, 1.54) is 24.3 Å². The zero-order valence-electron chi connectivity index (χ0n) is 16.3. The molecule has 29 heavy (non-hydrogen) atoms. The predicted molar refractivity (Wildman–Crippen MR) is 107 cm³/mol. The summed E-state index contributed by atoms with van der Waals surface area (Å²) in [5.74, 6) is -0.579. The average Bonchev–Trinajstić information content (AvgIpc) is 2.70. The van der Waals surface area contributed by atoms with E-state index in [9.17, 15) is 14.0 Å². The van der Waals surface area contributed by atoms with Gasteiger partial charge in [-0.3, -0.25) is 10.1 Å². The third-order valence-electron chi connectivity index (χ3n) is 5.62.